The van der Waals surface area contributed by atoms with Gasteiger partial charge in [0.15, 0.2) is 6.19 Å². The molecule has 0 atom stereocenters. The molecule has 0 radical (unpaired) electrons. The third-order valence-electron chi connectivity index (χ3n) is 1.32. The highest BCUT2D eigenvalue weighted by atomic mass is 16.5. The number of anilines is 1. The van der Waals surface area contributed by atoms with E-state index in [9.17, 15) is 4.79 Å². The lowest BCUT2D eigenvalue weighted by molar-refractivity contribution is -0.131. The van der Waals surface area contributed by atoms with Crippen LogP contribution in [-0.4, -0.2) is 5.97 Å². The van der Waals surface area contributed by atoms with Gasteiger partial charge in [-0.2, -0.15) is 5.26 Å². The third-order valence-corrected chi connectivity index (χ3v) is 1.32. The number of carbonyl (C=O) groups excluding carboxylic acids is 1. The van der Waals surface area contributed by atoms with Crippen molar-refractivity contribution in [2.75, 3.05) is 5.32 Å². The van der Waals surface area contributed by atoms with Crippen LogP contribution in [0.3, 0.4) is 0 Å². The molecule has 0 aliphatic rings. The maximum Gasteiger partial charge on any atom is 0.308 e. The lowest BCUT2D eigenvalue weighted by Crippen LogP contribution is -2.01. The molecule has 0 unspecified atom stereocenters. The van der Waals surface area contributed by atoms with Crippen LogP contribution >= 0.6 is 0 Å². The van der Waals surface area contributed by atoms with Crippen molar-refractivity contribution >= 4 is 11.7 Å². The summed E-state index contributed by atoms with van der Waals surface area (Å²) in [5, 5.41) is 10.7. The van der Waals surface area contributed by atoms with E-state index >= 15 is 0 Å². The van der Waals surface area contributed by atoms with E-state index in [2.05, 4.69) is 5.32 Å². The number of carbonyl (C=O) groups is 1. The summed E-state index contributed by atoms with van der Waals surface area (Å²) in [5.41, 5.74) is 0.665. The van der Waals surface area contributed by atoms with Crippen molar-refractivity contribution in [3.8, 4) is 11.9 Å². The fourth-order valence-electron chi connectivity index (χ4n) is 0.837. The number of nitrogens with zero attached hydrogens (tertiary/aromatic N) is 1. The van der Waals surface area contributed by atoms with Crippen molar-refractivity contribution in [2.24, 2.45) is 0 Å². The molecule has 13 heavy (non-hydrogen) atoms. The summed E-state index contributed by atoms with van der Waals surface area (Å²) in [6.07, 6.45) is 1.79. The number of hydrogen-bond acceptors (Lipinski definition) is 4. The first-order valence-electron chi connectivity index (χ1n) is 3.66. The predicted octanol–water partition coefficient (Wildman–Crippen LogP) is 1.50. The lowest BCUT2D eigenvalue weighted by atomic mass is 10.3. The molecular formula is C9H8N2O2. The highest BCUT2D eigenvalue weighted by Gasteiger charge is 1.96. The Kier molecular flexibility index (Phi) is 2.87. The van der Waals surface area contributed by atoms with Crippen LogP contribution < -0.4 is 10.1 Å². The molecule has 0 amide bonds. The molecule has 0 saturated heterocycles. The van der Waals surface area contributed by atoms with Gasteiger partial charge in [0.25, 0.3) is 0 Å². The molecule has 0 fully saturated rings. The van der Waals surface area contributed by atoms with Crippen LogP contribution in [0.2, 0.25) is 0 Å². The predicted molar refractivity (Wildman–Crippen MR) is 47.0 cm³/mol. The first-order valence-corrected chi connectivity index (χ1v) is 3.66. The zero-order chi connectivity index (χ0) is 9.68. The van der Waals surface area contributed by atoms with E-state index in [-0.39, 0.29) is 5.97 Å². The van der Waals surface area contributed by atoms with Gasteiger partial charge in [-0.25, -0.2) is 0 Å². The standard InChI is InChI=1S/C9H8N2O2/c1-7(12)13-9-4-2-8(3-5-9)11-6-10/h2-5,11H,1H3. The molecule has 1 aromatic rings. The number of rotatable bonds is 2. The Morgan fingerprint density at radius 2 is 2.08 bits per heavy atom. The number of nitriles is 1. The van der Waals surface area contributed by atoms with Crippen LogP contribution in [-0.2, 0) is 4.79 Å². The average Bonchev–Trinajstić information content (AvgIpc) is 2.08. The minimum atomic E-state index is -0.360. The lowest BCUT2D eigenvalue weighted by Gasteiger charge is -2.01. The van der Waals surface area contributed by atoms with E-state index in [1.54, 1.807) is 30.5 Å². The molecule has 0 aliphatic carbocycles. The maximum atomic E-state index is 10.5. The Hall–Kier alpha value is -2.02. The van der Waals surface area contributed by atoms with Crippen LogP contribution in [0.5, 0.6) is 5.75 Å². The minimum absolute atomic E-state index is 0.360. The van der Waals surface area contributed by atoms with Gasteiger partial charge >= 0.3 is 5.97 Å². The van der Waals surface area contributed by atoms with E-state index in [1.807, 2.05) is 0 Å². The van der Waals surface area contributed by atoms with Gasteiger partial charge in [-0.1, -0.05) is 0 Å². The molecule has 0 heterocycles. The second kappa shape index (κ2) is 4.12. The van der Waals surface area contributed by atoms with Crippen LogP contribution in [0.4, 0.5) is 5.69 Å². The van der Waals surface area contributed by atoms with Crippen molar-refractivity contribution in [2.45, 2.75) is 6.92 Å². The van der Waals surface area contributed by atoms with Crippen LogP contribution in [0.15, 0.2) is 24.3 Å². The zero-order valence-corrected chi connectivity index (χ0v) is 7.07. The van der Waals surface area contributed by atoms with Crippen molar-refractivity contribution in [3.63, 3.8) is 0 Å². The summed E-state index contributed by atoms with van der Waals surface area (Å²) in [7, 11) is 0. The van der Waals surface area contributed by atoms with Crippen LogP contribution in [0.25, 0.3) is 0 Å². The molecule has 1 N–H and O–H groups in total. The number of hydrogen-bond donors (Lipinski definition) is 1. The molecule has 4 nitrogen and oxygen atoms in total. The Balaban J connectivity index is 2.70. The number of ether oxygens (including phenoxy) is 1. The molecule has 1 rings (SSSR count). The summed E-state index contributed by atoms with van der Waals surface area (Å²) in [6, 6.07) is 6.53. The number of nitrogens with one attached hydrogen (secondary N) is 1. The average molecular weight is 176 g/mol. The highest BCUT2D eigenvalue weighted by Crippen LogP contribution is 2.15. The summed E-state index contributed by atoms with van der Waals surface area (Å²) in [4.78, 5) is 10.5. The normalized spacial score (nSPS) is 8.62. The van der Waals surface area contributed by atoms with Gasteiger partial charge in [0.1, 0.15) is 5.75 Å². The van der Waals surface area contributed by atoms with Crippen molar-refractivity contribution in [1.82, 2.24) is 0 Å². The zero-order valence-electron chi connectivity index (χ0n) is 7.07. The van der Waals surface area contributed by atoms with Crippen LogP contribution in [0, 0.1) is 11.5 Å². The fraction of sp³-hybridized carbons (Fsp3) is 0.111. The summed E-state index contributed by atoms with van der Waals surface area (Å²) < 4.78 is 4.80. The Morgan fingerprint density at radius 3 is 2.54 bits per heavy atom. The molecule has 4 heteroatoms. The van der Waals surface area contributed by atoms with Gasteiger partial charge in [0.05, 0.1) is 0 Å². The van der Waals surface area contributed by atoms with Gasteiger partial charge in [-0.05, 0) is 24.3 Å². The Morgan fingerprint density at radius 1 is 1.46 bits per heavy atom. The molecule has 0 saturated carbocycles. The smallest absolute Gasteiger partial charge is 0.308 e. The second-order valence-corrected chi connectivity index (χ2v) is 2.35. The third kappa shape index (κ3) is 2.83. The molecule has 0 aliphatic heterocycles. The number of benzene rings is 1. The molecule has 66 valence electrons. The quantitative estimate of drug-likeness (QED) is 0.321. The molecule has 0 aromatic heterocycles. The summed E-state index contributed by atoms with van der Waals surface area (Å²) in [5.74, 6) is 0.108. The SMILES string of the molecule is CC(=O)Oc1ccc(NC#N)cc1. The Labute approximate surface area is 75.7 Å². The number of esters is 1. The van der Waals surface area contributed by atoms with Crippen molar-refractivity contribution < 1.29 is 9.53 Å². The van der Waals surface area contributed by atoms with E-state index < -0.39 is 0 Å². The van der Waals surface area contributed by atoms with Gasteiger partial charge in [0.2, 0.25) is 0 Å². The van der Waals surface area contributed by atoms with Gasteiger partial charge in [-0.15, -0.1) is 0 Å². The second-order valence-electron chi connectivity index (χ2n) is 2.35. The molecule has 0 spiro atoms. The van der Waals surface area contributed by atoms with Crippen LogP contribution in [0.1, 0.15) is 6.92 Å². The first kappa shape index (κ1) is 9.07. The van der Waals surface area contributed by atoms with Crippen molar-refractivity contribution in [3.05, 3.63) is 24.3 Å². The van der Waals surface area contributed by atoms with E-state index in [1.165, 1.54) is 6.92 Å². The van der Waals surface area contributed by atoms with Gasteiger partial charge in [-0.3, -0.25) is 10.1 Å². The maximum absolute atomic E-state index is 10.5. The van der Waals surface area contributed by atoms with Gasteiger partial charge in [0, 0.05) is 12.6 Å². The largest absolute Gasteiger partial charge is 0.427 e. The summed E-state index contributed by atoms with van der Waals surface area (Å²) in [6.45, 7) is 1.33. The molecule has 0 bridgehead atoms. The first-order chi connectivity index (χ1) is 6.22. The van der Waals surface area contributed by atoms with E-state index in [4.69, 9.17) is 10.00 Å². The van der Waals surface area contributed by atoms with E-state index in [0.717, 1.165) is 0 Å². The minimum Gasteiger partial charge on any atom is -0.427 e. The fourth-order valence-corrected chi connectivity index (χ4v) is 0.837. The highest BCUT2D eigenvalue weighted by molar-refractivity contribution is 5.69. The van der Waals surface area contributed by atoms with E-state index in [0.29, 0.717) is 11.4 Å². The topological polar surface area (TPSA) is 62.1 Å². The molecule has 1 aromatic carbocycles. The molecular weight excluding hydrogens is 168 g/mol. The Bertz CT molecular complexity index is 338. The van der Waals surface area contributed by atoms with Crippen molar-refractivity contribution in [1.29, 1.82) is 5.26 Å². The van der Waals surface area contributed by atoms with Gasteiger partial charge < -0.3 is 4.74 Å². The summed E-state index contributed by atoms with van der Waals surface area (Å²) >= 11 is 0. The monoisotopic (exact) mass is 176 g/mol.